The van der Waals surface area contributed by atoms with E-state index >= 15 is 0 Å². The van der Waals surface area contributed by atoms with Crippen molar-refractivity contribution in [1.82, 2.24) is 0 Å². The van der Waals surface area contributed by atoms with Gasteiger partial charge >= 0.3 is 11.6 Å². The quantitative estimate of drug-likeness (QED) is 0.412. The van der Waals surface area contributed by atoms with E-state index in [0.717, 1.165) is 22.1 Å². The molecule has 0 saturated heterocycles. The van der Waals surface area contributed by atoms with Crippen LogP contribution < -0.4 is 15.1 Å². The van der Waals surface area contributed by atoms with Crippen LogP contribution in [-0.4, -0.2) is 12.6 Å². The van der Waals surface area contributed by atoms with Gasteiger partial charge in [-0.25, -0.2) is 9.59 Å². The smallest absolute Gasteiger partial charge is 0.349 e. The molecule has 1 heterocycles. The van der Waals surface area contributed by atoms with Crippen molar-refractivity contribution in [3.8, 4) is 11.5 Å². The van der Waals surface area contributed by atoms with Crippen molar-refractivity contribution in [2.75, 3.05) is 6.61 Å². The second-order valence-electron chi connectivity index (χ2n) is 5.89. The van der Waals surface area contributed by atoms with Crippen LogP contribution in [0.1, 0.15) is 16.7 Å². The van der Waals surface area contributed by atoms with Crippen molar-refractivity contribution >= 4 is 16.9 Å². The molecule has 128 valence electrons. The van der Waals surface area contributed by atoms with Crippen molar-refractivity contribution in [1.29, 1.82) is 0 Å². The van der Waals surface area contributed by atoms with Crippen molar-refractivity contribution in [3.63, 3.8) is 0 Å². The highest BCUT2D eigenvalue weighted by atomic mass is 16.6. The van der Waals surface area contributed by atoms with Crippen molar-refractivity contribution in [2.24, 2.45) is 0 Å². The first-order valence-corrected chi connectivity index (χ1v) is 7.88. The first-order valence-electron chi connectivity index (χ1n) is 7.88. The molecule has 0 aliphatic heterocycles. The predicted molar refractivity (Wildman–Crippen MR) is 94.3 cm³/mol. The van der Waals surface area contributed by atoms with Gasteiger partial charge in [0.25, 0.3) is 0 Å². The van der Waals surface area contributed by atoms with E-state index in [4.69, 9.17) is 13.9 Å². The molecule has 0 spiro atoms. The molecule has 5 nitrogen and oxygen atoms in total. The summed E-state index contributed by atoms with van der Waals surface area (Å²) in [6.45, 7) is 5.45. The fourth-order valence-electron chi connectivity index (χ4n) is 2.69. The fourth-order valence-corrected chi connectivity index (χ4v) is 2.69. The molecule has 2 aromatic carbocycles. The minimum Gasteiger partial charge on any atom is -0.481 e. The number of benzene rings is 2. The maximum absolute atomic E-state index is 12.0. The molecule has 0 unspecified atom stereocenters. The van der Waals surface area contributed by atoms with Gasteiger partial charge in [0, 0.05) is 17.5 Å². The molecular formula is C20H18O5. The Balaban J connectivity index is 1.73. The van der Waals surface area contributed by atoms with Crippen molar-refractivity contribution < 1.29 is 18.7 Å². The van der Waals surface area contributed by atoms with Gasteiger partial charge in [0.05, 0.1) is 0 Å². The third-order valence-electron chi connectivity index (χ3n) is 3.90. The molecule has 5 heteroatoms. The molecule has 3 rings (SSSR count). The molecule has 0 amide bonds. The van der Waals surface area contributed by atoms with Crippen LogP contribution in [0.3, 0.4) is 0 Å². The van der Waals surface area contributed by atoms with E-state index in [1.165, 1.54) is 12.1 Å². The molecule has 0 aliphatic rings. The molecule has 0 atom stereocenters. The van der Waals surface area contributed by atoms with Crippen LogP contribution in [0, 0.1) is 20.8 Å². The summed E-state index contributed by atoms with van der Waals surface area (Å²) in [4.78, 5) is 23.5. The summed E-state index contributed by atoms with van der Waals surface area (Å²) in [6.07, 6.45) is 0. The lowest BCUT2D eigenvalue weighted by Gasteiger charge is -2.11. The summed E-state index contributed by atoms with van der Waals surface area (Å²) in [5.41, 5.74) is 2.66. The maximum atomic E-state index is 12.0. The lowest BCUT2D eigenvalue weighted by atomic mass is 10.1. The van der Waals surface area contributed by atoms with Gasteiger partial charge in [-0.05, 0) is 49.6 Å². The summed E-state index contributed by atoms with van der Waals surface area (Å²) in [5.74, 6) is 0.452. The second kappa shape index (κ2) is 6.81. The molecule has 0 bridgehead atoms. The van der Waals surface area contributed by atoms with Crippen LogP contribution in [0.15, 0.2) is 51.7 Å². The highest BCUT2D eigenvalue weighted by Crippen LogP contribution is 2.24. The van der Waals surface area contributed by atoms with E-state index < -0.39 is 11.6 Å². The first kappa shape index (κ1) is 16.8. The van der Waals surface area contributed by atoms with Gasteiger partial charge in [0.1, 0.15) is 17.1 Å². The van der Waals surface area contributed by atoms with Gasteiger partial charge in [-0.2, -0.15) is 0 Å². The van der Waals surface area contributed by atoms with Crippen LogP contribution in [0.5, 0.6) is 11.5 Å². The minimum absolute atomic E-state index is 0.207. The zero-order chi connectivity index (χ0) is 18.0. The van der Waals surface area contributed by atoms with Gasteiger partial charge in [0.2, 0.25) is 0 Å². The molecule has 25 heavy (non-hydrogen) atoms. The van der Waals surface area contributed by atoms with E-state index in [-0.39, 0.29) is 6.61 Å². The Kier molecular flexibility index (Phi) is 4.57. The number of para-hydroxylation sites is 1. The Hall–Kier alpha value is -3.08. The fraction of sp³-hybridized carbons (Fsp3) is 0.200. The van der Waals surface area contributed by atoms with Gasteiger partial charge in [-0.3, -0.25) is 0 Å². The van der Waals surface area contributed by atoms with Crippen LogP contribution in [0.4, 0.5) is 0 Å². The predicted octanol–water partition coefficient (Wildman–Crippen LogP) is 3.70. The van der Waals surface area contributed by atoms with Gasteiger partial charge < -0.3 is 13.9 Å². The number of hydrogen-bond acceptors (Lipinski definition) is 5. The number of carbonyl (C=O) groups is 1. The lowest BCUT2D eigenvalue weighted by Crippen LogP contribution is -2.18. The number of ether oxygens (including phenoxy) is 2. The third kappa shape index (κ3) is 3.71. The Bertz CT molecular complexity index is 980. The minimum atomic E-state index is -0.531. The highest BCUT2D eigenvalue weighted by Gasteiger charge is 2.11. The van der Waals surface area contributed by atoms with E-state index in [2.05, 4.69) is 0 Å². The summed E-state index contributed by atoms with van der Waals surface area (Å²) in [5, 5.41) is 0.797. The van der Waals surface area contributed by atoms with Gasteiger partial charge in [-0.1, -0.05) is 18.2 Å². The van der Waals surface area contributed by atoms with Crippen LogP contribution in [0.2, 0.25) is 0 Å². The van der Waals surface area contributed by atoms with Gasteiger partial charge in [-0.15, -0.1) is 0 Å². The van der Waals surface area contributed by atoms with Crippen LogP contribution >= 0.6 is 0 Å². The molecule has 0 aliphatic carbocycles. The highest BCUT2D eigenvalue weighted by molar-refractivity contribution is 5.82. The van der Waals surface area contributed by atoms with Gasteiger partial charge in [0.15, 0.2) is 6.61 Å². The summed E-state index contributed by atoms with van der Waals surface area (Å²) < 4.78 is 16.0. The SMILES string of the molecule is Cc1cccc(C)c1OCC(=O)Oc1ccc2c(C)cc(=O)oc2c1. The Morgan fingerprint density at radius 1 is 1.00 bits per heavy atom. The first-order chi connectivity index (χ1) is 11.9. The van der Waals surface area contributed by atoms with Crippen LogP contribution in [-0.2, 0) is 4.79 Å². The zero-order valence-corrected chi connectivity index (χ0v) is 14.3. The molecule has 0 fully saturated rings. The third-order valence-corrected chi connectivity index (χ3v) is 3.90. The molecule has 1 aromatic heterocycles. The van der Waals surface area contributed by atoms with E-state index in [0.29, 0.717) is 17.1 Å². The average molecular weight is 338 g/mol. The Morgan fingerprint density at radius 2 is 1.72 bits per heavy atom. The Morgan fingerprint density at radius 3 is 2.44 bits per heavy atom. The Labute approximate surface area is 144 Å². The number of aryl methyl sites for hydroxylation is 3. The standard InChI is InChI=1S/C20H18O5/c1-12-5-4-6-13(2)20(12)23-11-19(22)24-15-7-8-16-14(3)9-18(21)25-17(16)10-15/h4-10H,11H2,1-3H3. The molecular weight excluding hydrogens is 320 g/mol. The number of rotatable bonds is 4. The van der Waals surface area contributed by atoms with E-state index in [1.807, 2.05) is 39.0 Å². The van der Waals surface area contributed by atoms with Crippen molar-refractivity contribution in [3.05, 3.63) is 69.6 Å². The lowest BCUT2D eigenvalue weighted by molar-refractivity contribution is -0.136. The van der Waals surface area contributed by atoms with Crippen molar-refractivity contribution in [2.45, 2.75) is 20.8 Å². The average Bonchev–Trinajstić information content (AvgIpc) is 2.53. The summed E-state index contributed by atoms with van der Waals surface area (Å²) in [7, 11) is 0. The normalized spacial score (nSPS) is 10.7. The molecule has 0 N–H and O–H groups in total. The largest absolute Gasteiger partial charge is 0.481 e. The van der Waals surface area contributed by atoms with Crippen LogP contribution in [0.25, 0.3) is 11.0 Å². The molecule has 0 saturated carbocycles. The summed E-state index contributed by atoms with van der Waals surface area (Å²) >= 11 is 0. The molecule has 3 aromatic rings. The monoisotopic (exact) mass is 338 g/mol. The topological polar surface area (TPSA) is 65.7 Å². The second-order valence-corrected chi connectivity index (χ2v) is 5.89. The number of hydrogen-bond donors (Lipinski definition) is 0. The van der Waals surface area contributed by atoms with E-state index in [1.54, 1.807) is 12.1 Å². The number of carbonyl (C=O) groups excluding carboxylic acids is 1. The number of esters is 1. The van der Waals surface area contributed by atoms with E-state index in [9.17, 15) is 9.59 Å². The molecule has 0 radical (unpaired) electrons. The summed E-state index contributed by atoms with van der Waals surface area (Å²) in [6, 6.07) is 12.1. The zero-order valence-electron chi connectivity index (χ0n) is 14.3. The maximum Gasteiger partial charge on any atom is 0.349 e. The number of fused-ring (bicyclic) bond motifs is 1.